The molecule has 0 radical (unpaired) electrons. The molecule has 206 valence electrons. The molecule has 8 atom stereocenters. The number of benzene rings is 1. The van der Waals surface area contributed by atoms with Crippen molar-refractivity contribution in [1.29, 1.82) is 0 Å². The van der Waals surface area contributed by atoms with E-state index in [2.05, 4.69) is 32.7 Å². The van der Waals surface area contributed by atoms with Crippen molar-refractivity contribution in [2.24, 2.45) is 34.0 Å². The van der Waals surface area contributed by atoms with Crippen LogP contribution in [0, 0.1) is 39.8 Å². The summed E-state index contributed by atoms with van der Waals surface area (Å²) in [6.45, 7) is 12.2. The number of halogens is 1. The molecular weight excluding hydrogens is 488 g/mol. The predicted molar refractivity (Wildman–Crippen MR) is 141 cm³/mol. The van der Waals surface area contributed by atoms with Gasteiger partial charge >= 0.3 is 13.2 Å². The highest BCUT2D eigenvalue weighted by Crippen LogP contribution is 2.68. The molecule has 3 saturated carbocycles. The first-order valence-electron chi connectivity index (χ1n) is 13.8. The van der Waals surface area contributed by atoms with Crippen LogP contribution in [-0.4, -0.2) is 41.3 Å². The maximum atomic E-state index is 15.0. The molecule has 1 aliphatic heterocycles. The number of nitrogens with one attached hydrogen (secondary N) is 1. The highest BCUT2D eigenvalue weighted by atomic mass is 19.1. The Balaban J connectivity index is 1.44. The number of hydrogen-bond acceptors (Lipinski definition) is 6. The van der Waals surface area contributed by atoms with Gasteiger partial charge in [-0.15, -0.1) is 6.58 Å². The van der Waals surface area contributed by atoms with Crippen molar-refractivity contribution >= 4 is 24.5 Å². The van der Waals surface area contributed by atoms with E-state index in [0.29, 0.717) is 18.4 Å². The minimum absolute atomic E-state index is 0.0992. The Morgan fingerprint density at radius 2 is 2.08 bits per heavy atom. The summed E-state index contributed by atoms with van der Waals surface area (Å²) in [5.41, 5.74) is -0.808. The standard InChI is InChI=1S/C29H39BFNO6/c1-6-27(4)13-21(38-26(35)32-14-18-7-8-19-15-37-30(36)22(19)23(18)31)28(5)16(2)9-11-29(17(3)25(27)34)12-10-20(33)24(28)29/h6-8,16-17,21,24-25,34,36H,1,9-15H2,2-5H3,(H,32,35)/t16-,17-,21+,24-,25-,27+,28-,29-/m0/s1. The van der Waals surface area contributed by atoms with E-state index >= 15 is 4.39 Å². The maximum Gasteiger partial charge on any atom is 0.494 e. The number of rotatable bonds is 4. The van der Waals surface area contributed by atoms with Gasteiger partial charge in [0.1, 0.15) is 17.7 Å². The fraction of sp³-hybridized carbons (Fsp3) is 0.655. The lowest BCUT2D eigenvalue weighted by Crippen LogP contribution is -2.63. The normalized spacial score (nSPS) is 40.1. The van der Waals surface area contributed by atoms with Gasteiger partial charge in [-0.25, -0.2) is 9.18 Å². The van der Waals surface area contributed by atoms with E-state index in [0.717, 1.165) is 19.3 Å². The molecule has 4 aliphatic rings. The lowest BCUT2D eigenvalue weighted by molar-refractivity contribution is -0.191. The van der Waals surface area contributed by atoms with Crippen molar-refractivity contribution in [3.8, 4) is 0 Å². The second-order valence-electron chi connectivity index (χ2n) is 12.6. The molecule has 2 bridgehead atoms. The average molecular weight is 527 g/mol. The molecule has 3 aliphatic carbocycles. The Morgan fingerprint density at radius 3 is 2.79 bits per heavy atom. The smallest absolute Gasteiger partial charge is 0.446 e. The van der Waals surface area contributed by atoms with Crippen LogP contribution in [0.5, 0.6) is 0 Å². The molecule has 3 N–H and O–H groups in total. The van der Waals surface area contributed by atoms with Gasteiger partial charge in [0.25, 0.3) is 0 Å². The van der Waals surface area contributed by atoms with Crippen LogP contribution < -0.4 is 10.8 Å². The van der Waals surface area contributed by atoms with Crippen molar-refractivity contribution < 1.29 is 33.5 Å². The average Bonchev–Trinajstić information content (AvgIpc) is 3.45. The number of carbonyl (C=O) groups is 2. The molecule has 0 spiro atoms. The fourth-order valence-electron chi connectivity index (χ4n) is 8.30. The highest BCUT2D eigenvalue weighted by Gasteiger charge is 2.68. The molecule has 7 nitrogen and oxygen atoms in total. The maximum absolute atomic E-state index is 15.0. The third kappa shape index (κ3) is 3.87. The van der Waals surface area contributed by atoms with Crippen LogP contribution in [0.3, 0.4) is 0 Å². The Kier molecular flexibility index (Phi) is 6.80. The molecule has 0 unspecified atom stereocenters. The Morgan fingerprint density at radius 1 is 1.34 bits per heavy atom. The monoisotopic (exact) mass is 527 g/mol. The molecule has 0 saturated heterocycles. The van der Waals surface area contributed by atoms with E-state index in [-0.39, 0.29) is 53.1 Å². The highest BCUT2D eigenvalue weighted by molar-refractivity contribution is 6.61. The minimum Gasteiger partial charge on any atom is -0.446 e. The molecule has 5 rings (SSSR count). The van der Waals surface area contributed by atoms with Crippen molar-refractivity contribution in [3.63, 3.8) is 0 Å². The van der Waals surface area contributed by atoms with Gasteiger partial charge in [-0.3, -0.25) is 4.79 Å². The van der Waals surface area contributed by atoms with Gasteiger partial charge in [-0.05, 0) is 48.5 Å². The van der Waals surface area contributed by atoms with Crippen LogP contribution in [0.25, 0.3) is 0 Å². The van der Waals surface area contributed by atoms with E-state index in [1.54, 1.807) is 18.2 Å². The first kappa shape index (κ1) is 27.3. The zero-order valence-corrected chi connectivity index (χ0v) is 22.8. The number of amides is 1. The van der Waals surface area contributed by atoms with Gasteiger partial charge in [0, 0.05) is 40.7 Å². The molecule has 1 heterocycles. The summed E-state index contributed by atoms with van der Waals surface area (Å²) in [6.07, 6.45) is 2.92. The summed E-state index contributed by atoms with van der Waals surface area (Å²) in [6, 6.07) is 3.24. The Bertz CT molecular complexity index is 1160. The van der Waals surface area contributed by atoms with Crippen molar-refractivity contribution in [2.45, 2.75) is 85.2 Å². The number of ketones is 1. The van der Waals surface area contributed by atoms with Crippen LogP contribution in [0.4, 0.5) is 9.18 Å². The summed E-state index contributed by atoms with van der Waals surface area (Å²) in [4.78, 5) is 26.7. The quantitative estimate of drug-likeness (QED) is 0.408. The molecular formula is C29H39BFNO6. The molecule has 38 heavy (non-hydrogen) atoms. The van der Waals surface area contributed by atoms with Crippen LogP contribution in [0.2, 0.25) is 0 Å². The number of aliphatic hydroxyl groups excluding tert-OH is 1. The van der Waals surface area contributed by atoms with Crippen LogP contribution in [0.1, 0.15) is 70.9 Å². The molecule has 1 amide bonds. The van der Waals surface area contributed by atoms with E-state index in [4.69, 9.17) is 9.39 Å². The summed E-state index contributed by atoms with van der Waals surface area (Å²) < 4.78 is 26.3. The van der Waals surface area contributed by atoms with Gasteiger partial charge in [0.15, 0.2) is 0 Å². The number of fused-ring (bicyclic) bond motifs is 1. The SMILES string of the molecule is C=C[C@]1(C)C[C@@H](OC(=O)NCc2ccc3c(c2F)B(O)OC3)[C@@]2(C)[C@@H]3C(=O)CC[C@@]3(CC[C@@H]2C)[C@@H](C)[C@@H]1O. The first-order valence-corrected chi connectivity index (χ1v) is 13.8. The second kappa shape index (κ2) is 9.45. The Labute approximate surface area is 224 Å². The molecule has 9 heteroatoms. The Hall–Kier alpha value is -2.23. The molecule has 0 aromatic heterocycles. The number of Topliss-reactive ketones (excluding diaryl/α,β-unsaturated/α-hetero) is 1. The van der Waals surface area contributed by atoms with Crippen molar-refractivity contribution in [2.75, 3.05) is 0 Å². The van der Waals surface area contributed by atoms with E-state index < -0.39 is 42.1 Å². The zero-order chi connectivity index (χ0) is 27.6. The lowest BCUT2D eigenvalue weighted by Gasteiger charge is -2.61. The summed E-state index contributed by atoms with van der Waals surface area (Å²) in [5, 5.41) is 24.2. The minimum atomic E-state index is -1.32. The largest absolute Gasteiger partial charge is 0.494 e. The molecule has 3 fully saturated rings. The van der Waals surface area contributed by atoms with E-state index in [9.17, 15) is 19.7 Å². The number of aliphatic hydroxyl groups is 1. The fourth-order valence-corrected chi connectivity index (χ4v) is 8.30. The van der Waals surface area contributed by atoms with Gasteiger partial charge in [0.05, 0.1) is 12.7 Å². The zero-order valence-electron chi connectivity index (χ0n) is 22.8. The number of alkyl carbamates (subject to hydrolysis) is 1. The lowest BCUT2D eigenvalue weighted by atomic mass is 9.44. The summed E-state index contributed by atoms with van der Waals surface area (Å²) in [7, 11) is -1.32. The first-order chi connectivity index (χ1) is 17.9. The van der Waals surface area contributed by atoms with Gasteiger partial charge in [-0.2, -0.15) is 0 Å². The molecule has 1 aromatic rings. The number of carbonyl (C=O) groups excluding carboxylic acids is 2. The van der Waals surface area contributed by atoms with Crippen LogP contribution in [0.15, 0.2) is 24.8 Å². The predicted octanol–water partition coefficient (Wildman–Crippen LogP) is 3.63. The molecule has 1 aromatic carbocycles. The van der Waals surface area contributed by atoms with Crippen LogP contribution >= 0.6 is 0 Å². The van der Waals surface area contributed by atoms with Gasteiger partial charge < -0.3 is 24.8 Å². The number of hydrogen-bond donors (Lipinski definition) is 3. The van der Waals surface area contributed by atoms with Gasteiger partial charge in [-0.1, -0.05) is 45.9 Å². The summed E-state index contributed by atoms with van der Waals surface area (Å²) in [5.74, 6) is -0.718. The van der Waals surface area contributed by atoms with Gasteiger partial charge in [0.2, 0.25) is 0 Å². The van der Waals surface area contributed by atoms with E-state index in [1.165, 1.54) is 0 Å². The third-order valence-electron chi connectivity index (χ3n) is 11.0. The van der Waals surface area contributed by atoms with E-state index in [1.807, 2.05) is 6.92 Å². The summed E-state index contributed by atoms with van der Waals surface area (Å²) >= 11 is 0. The van der Waals surface area contributed by atoms with Crippen molar-refractivity contribution in [1.82, 2.24) is 5.32 Å². The van der Waals surface area contributed by atoms with Crippen LogP contribution in [-0.2, 0) is 27.3 Å². The number of ether oxygens (including phenoxy) is 1. The second-order valence-corrected chi connectivity index (χ2v) is 12.6. The van der Waals surface area contributed by atoms with Crippen molar-refractivity contribution in [3.05, 3.63) is 41.7 Å². The topological polar surface area (TPSA) is 105 Å². The third-order valence-corrected chi connectivity index (χ3v) is 11.0.